The molecule has 0 amide bonds. The zero-order valence-corrected chi connectivity index (χ0v) is 11.4. The number of rotatable bonds is 5. The van der Waals surface area contributed by atoms with Gasteiger partial charge in [0, 0.05) is 0 Å². The minimum absolute atomic E-state index is 0.0149. The molecule has 0 bridgehead atoms. The van der Waals surface area contributed by atoms with E-state index in [2.05, 4.69) is 12.1 Å². The summed E-state index contributed by atoms with van der Waals surface area (Å²) in [4.78, 5) is 0. The van der Waals surface area contributed by atoms with Gasteiger partial charge in [-0.3, -0.25) is 0 Å². The van der Waals surface area contributed by atoms with Crippen LogP contribution in [0.1, 0.15) is 25.0 Å². The summed E-state index contributed by atoms with van der Waals surface area (Å²) in [6, 6.07) is 15.4. The standard InChI is InChI=1S/C17H19FO/c1-13(2)19-17-12-15(10-11-16(17)18)9-8-14-6-4-3-5-7-14/h3-7,10-13H,8-9H2,1-2H3. The molecular weight excluding hydrogens is 239 g/mol. The summed E-state index contributed by atoms with van der Waals surface area (Å²) in [6.07, 6.45) is 1.82. The van der Waals surface area contributed by atoms with E-state index in [9.17, 15) is 4.39 Å². The third kappa shape index (κ3) is 4.09. The van der Waals surface area contributed by atoms with Crippen molar-refractivity contribution in [1.29, 1.82) is 0 Å². The molecule has 2 aromatic carbocycles. The molecule has 2 heteroatoms. The molecule has 0 atom stereocenters. The van der Waals surface area contributed by atoms with Gasteiger partial charge in [-0.1, -0.05) is 36.4 Å². The quantitative estimate of drug-likeness (QED) is 0.772. The van der Waals surface area contributed by atoms with Crippen molar-refractivity contribution < 1.29 is 9.13 Å². The van der Waals surface area contributed by atoms with Crippen LogP contribution in [0.3, 0.4) is 0 Å². The first-order chi connectivity index (χ1) is 9.15. The number of hydrogen-bond acceptors (Lipinski definition) is 1. The fraction of sp³-hybridized carbons (Fsp3) is 0.294. The minimum Gasteiger partial charge on any atom is -0.488 e. The number of benzene rings is 2. The largest absolute Gasteiger partial charge is 0.488 e. The van der Waals surface area contributed by atoms with E-state index in [0.29, 0.717) is 5.75 Å². The number of hydrogen-bond donors (Lipinski definition) is 0. The highest BCUT2D eigenvalue weighted by Crippen LogP contribution is 2.21. The predicted octanol–water partition coefficient (Wildman–Crippen LogP) is 4.40. The number of halogens is 1. The Labute approximate surface area is 114 Å². The predicted molar refractivity (Wildman–Crippen MR) is 76.0 cm³/mol. The van der Waals surface area contributed by atoms with E-state index in [1.807, 2.05) is 38.1 Å². The van der Waals surface area contributed by atoms with Gasteiger partial charge in [0.1, 0.15) is 0 Å². The lowest BCUT2D eigenvalue weighted by Crippen LogP contribution is -2.07. The maximum atomic E-state index is 13.6. The number of aryl methyl sites for hydroxylation is 2. The van der Waals surface area contributed by atoms with E-state index in [1.165, 1.54) is 11.6 Å². The van der Waals surface area contributed by atoms with Crippen molar-refractivity contribution in [1.82, 2.24) is 0 Å². The summed E-state index contributed by atoms with van der Waals surface area (Å²) < 4.78 is 19.0. The van der Waals surface area contributed by atoms with Gasteiger partial charge in [-0.25, -0.2) is 4.39 Å². The molecule has 0 aliphatic heterocycles. The smallest absolute Gasteiger partial charge is 0.165 e. The zero-order chi connectivity index (χ0) is 13.7. The van der Waals surface area contributed by atoms with E-state index in [0.717, 1.165) is 18.4 Å². The lowest BCUT2D eigenvalue weighted by Gasteiger charge is -2.12. The van der Waals surface area contributed by atoms with Crippen molar-refractivity contribution in [3.8, 4) is 5.75 Å². The Morgan fingerprint density at radius 2 is 1.63 bits per heavy atom. The van der Waals surface area contributed by atoms with E-state index in [1.54, 1.807) is 6.07 Å². The van der Waals surface area contributed by atoms with Crippen molar-refractivity contribution in [2.45, 2.75) is 32.8 Å². The topological polar surface area (TPSA) is 9.23 Å². The molecule has 0 aliphatic rings. The molecule has 0 saturated heterocycles. The summed E-state index contributed by atoms with van der Waals surface area (Å²) in [7, 11) is 0. The van der Waals surface area contributed by atoms with Gasteiger partial charge in [-0.15, -0.1) is 0 Å². The van der Waals surface area contributed by atoms with Crippen LogP contribution in [-0.2, 0) is 12.8 Å². The molecule has 0 spiro atoms. The zero-order valence-electron chi connectivity index (χ0n) is 11.4. The van der Waals surface area contributed by atoms with E-state index < -0.39 is 0 Å². The van der Waals surface area contributed by atoms with E-state index in [-0.39, 0.29) is 11.9 Å². The molecule has 19 heavy (non-hydrogen) atoms. The highest BCUT2D eigenvalue weighted by molar-refractivity contribution is 5.31. The van der Waals surface area contributed by atoms with Crippen LogP contribution in [0.25, 0.3) is 0 Å². The Morgan fingerprint density at radius 3 is 2.32 bits per heavy atom. The average molecular weight is 258 g/mol. The van der Waals surface area contributed by atoms with Gasteiger partial charge in [0.05, 0.1) is 6.10 Å². The summed E-state index contributed by atoms with van der Waals surface area (Å²) in [5.74, 6) is 0.0534. The Balaban J connectivity index is 2.04. The van der Waals surface area contributed by atoms with Gasteiger partial charge in [0.25, 0.3) is 0 Å². The molecule has 2 aromatic rings. The van der Waals surface area contributed by atoms with Crippen LogP contribution in [0.5, 0.6) is 5.75 Å². The van der Waals surface area contributed by atoms with Crippen molar-refractivity contribution in [2.24, 2.45) is 0 Å². The normalized spacial score (nSPS) is 10.7. The summed E-state index contributed by atoms with van der Waals surface area (Å²) in [5, 5.41) is 0. The van der Waals surface area contributed by atoms with Crippen molar-refractivity contribution >= 4 is 0 Å². The Morgan fingerprint density at radius 1 is 0.947 bits per heavy atom. The van der Waals surface area contributed by atoms with Crippen molar-refractivity contribution in [2.75, 3.05) is 0 Å². The van der Waals surface area contributed by atoms with E-state index in [4.69, 9.17) is 4.74 Å². The van der Waals surface area contributed by atoms with E-state index >= 15 is 0 Å². The Kier molecular flexibility index (Phi) is 4.56. The highest BCUT2D eigenvalue weighted by atomic mass is 19.1. The van der Waals surface area contributed by atoms with Gasteiger partial charge in [0.15, 0.2) is 11.6 Å². The van der Waals surface area contributed by atoms with Crippen LogP contribution in [-0.4, -0.2) is 6.10 Å². The van der Waals surface area contributed by atoms with Crippen LogP contribution in [0, 0.1) is 5.82 Å². The summed E-state index contributed by atoms with van der Waals surface area (Å²) >= 11 is 0. The summed E-state index contributed by atoms with van der Waals surface area (Å²) in [5.41, 5.74) is 2.39. The highest BCUT2D eigenvalue weighted by Gasteiger charge is 2.06. The third-order valence-corrected chi connectivity index (χ3v) is 2.90. The first-order valence-electron chi connectivity index (χ1n) is 6.64. The fourth-order valence-corrected chi connectivity index (χ4v) is 1.98. The van der Waals surface area contributed by atoms with Crippen molar-refractivity contribution in [3.05, 3.63) is 65.5 Å². The molecule has 0 heterocycles. The number of ether oxygens (including phenoxy) is 1. The molecule has 0 saturated carbocycles. The van der Waals surface area contributed by atoms with Gasteiger partial charge >= 0.3 is 0 Å². The maximum Gasteiger partial charge on any atom is 0.165 e. The van der Waals surface area contributed by atoms with Gasteiger partial charge in [0.2, 0.25) is 0 Å². The molecule has 2 rings (SSSR count). The molecule has 0 aliphatic carbocycles. The Hall–Kier alpha value is -1.83. The van der Waals surface area contributed by atoms with Crippen LogP contribution in [0.15, 0.2) is 48.5 Å². The lowest BCUT2D eigenvalue weighted by molar-refractivity contribution is 0.231. The molecule has 0 unspecified atom stereocenters. The van der Waals surface area contributed by atoms with Crippen LogP contribution >= 0.6 is 0 Å². The van der Waals surface area contributed by atoms with Gasteiger partial charge in [-0.05, 0) is 49.9 Å². The lowest BCUT2D eigenvalue weighted by atomic mass is 10.0. The van der Waals surface area contributed by atoms with Gasteiger partial charge in [-0.2, -0.15) is 0 Å². The first-order valence-corrected chi connectivity index (χ1v) is 6.64. The third-order valence-electron chi connectivity index (χ3n) is 2.90. The fourth-order valence-electron chi connectivity index (χ4n) is 1.98. The van der Waals surface area contributed by atoms with Crippen LogP contribution < -0.4 is 4.74 Å². The molecule has 0 aromatic heterocycles. The summed E-state index contributed by atoms with van der Waals surface area (Å²) in [6.45, 7) is 3.80. The van der Waals surface area contributed by atoms with Gasteiger partial charge < -0.3 is 4.74 Å². The second kappa shape index (κ2) is 6.37. The van der Waals surface area contributed by atoms with Crippen molar-refractivity contribution in [3.63, 3.8) is 0 Å². The monoisotopic (exact) mass is 258 g/mol. The van der Waals surface area contributed by atoms with Crippen LogP contribution in [0.2, 0.25) is 0 Å². The molecule has 0 N–H and O–H groups in total. The minimum atomic E-state index is -0.294. The molecule has 1 nitrogen and oxygen atoms in total. The molecule has 0 fully saturated rings. The SMILES string of the molecule is CC(C)Oc1cc(CCc2ccccc2)ccc1F. The average Bonchev–Trinajstić information content (AvgIpc) is 2.40. The molecule has 100 valence electrons. The van der Waals surface area contributed by atoms with Crippen LogP contribution in [0.4, 0.5) is 4.39 Å². The second-order valence-electron chi connectivity index (χ2n) is 4.92. The molecular formula is C17H19FO. The maximum absolute atomic E-state index is 13.6. The molecule has 0 radical (unpaired) electrons. The second-order valence-corrected chi connectivity index (χ2v) is 4.92. The first kappa shape index (κ1) is 13.6. The Bertz CT molecular complexity index is 520.